The van der Waals surface area contributed by atoms with Crippen molar-refractivity contribution in [3.63, 3.8) is 0 Å². The van der Waals surface area contributed by atoms with Crippen molar-refractivity contribution < 1.29 is 14.9 Å². The highest BCUT2D eigenvalue weighted by Crippen LogP contribution is 2.43. The second-order valence-electron chi connectivity index (χ2n) is 6.17. The molecule has 1 aliphatic carbocycles. The molecule has 0 radical (unpaired) electrons. The van der Waals surface area contributed by atoms with Gasteiger partial charge < -0.3 is 20.3 Å². The van der Waals surface area contributed by atoms with Gasteiger partial charge in [0, 0.05) is 33.3 Å². The summed E-state index contributed by atoms with van der Waals surface area (Å²) in [4.78, 5) is 0. The van der Waals surface area contributed by atoms with Gasteiger partial charge >= 0.3 is 0 Å². The summed E-state index contributed by atoms with van der Waals surface area (Å²) in [5.74, 6) is 1.57. The summed E-state index contributed by atoms with van der Waals surface area (Å²) < 4.78 is 6.70. The SMILES string of the molecule is OCC(O)COc1cccc2c1Cc1c-2n[nH]c1Nc1cccc(Br)c1. The first-order chi connectivity index (χ1) is 12.7. The zero-order valence-corrected chi connectivity index (χ0v) is 15.5. The van der Waals surface area contributed by atoms with Crippen LogP contribution < -0.4 is 10.1 Å². The molecule has 3 aromatic rings. The Kier molecular flexibility index (Phi) is 4.67. The first-order valence-electron chi connectivity index (χ1n) is 8.29. The maximum absolute atomic E-state index is 9.53. The Morgan fingerprint density at radius 2 is 2.08 bits per heavy atom. The van der Waals surface area contributed by atoms with E-state index in [9.17, 15) is 5.11 Å². The number of aliphatic hydroxyl groups is 2. The van der Waals surface area contributed by atoms with Crippen LogP contribution in [0.4, 0.5) is 11.5 Å². The van der Waals surface area contributed by atoms with E-state index in [2.05, 4.69) is 31.4 Å². The average Bonchev–Trinajstić information content (AvgIpc) is 3.20. The molecule has 4 rings (SSSR count). The van der Waals surface area contributed by atoms with Gasteiger partial charge in [0.2, 0.25) is 0 Å². The van der Waals surface area contributed by atoms with E-state index in [4.69, 9.17) is 9.84 Å². The first-order valence-corrected chi connectivity index (χ1v) is 9.09. The van der Waals surface area contributed by atoms with Gasteiger partial charge in [-0.2, -0.15) is 5.10 Å². The Morgan fingerprint density at radius 1 is 1.23 bits per heavy atom. The molecule has 0 saturated carbocycles. The molecule has 134 valence electrons. The molecule has 6 nitrogen and oxygen atoms in total. The number of nitrogens with zero attached hydrogens (tertiary/aromatic N) is 1. The molecule has 0 saturated heterocycles. The number of anilines is 2. The van der Waals surface area contributed by atoms with Crippen LogP contribution in [0.2, 0.25) is 0 Å². The van der Waals surface area contributed by atoms with Crippen molar-refractivity contribution in [2.45, 2.75) is 12.5 Å². The Morgan fingerprint density at radius 3 is 2.88 bits per heavy atom. The minimum atomic E-state index is -0.890. The number of benzene rings is 2. The molecular weight excluding hydrogens is 398 g/mol. The number of H-pyrrole nitrogens is 1. The fourth-order valence-corrected chi connectivity index (χ4v) is 3.49. The van der Waals surface area contributed by atoms with Gasteiger partial charge in [-0.25, -0.2) is 0 Å². The molecule has 1 atom stereocenters. The highest BCUT2D eigenvalue weighted by atomic mass is 79.9. The summed E-state index contributed by atoms with van der Waals surface area (Å²) in [5, 5.41) is 29.4. The molecule has 1 aliphatic rings. The van der Waals surface area contributed by atoms with Crippen molar-refractivity contribution in [2.75, 3.05) is 18.5 Å². The molecule has 2 aromatic carbocycles. The van der Waals surface area contributed by atoms with Crippen LogP contribution in [0.3, 0.4) is 0 Å². The monoisotopic (exact) mass is 415 g/mol. The minimum absolute atomic E-state index is 0.0554. The highest BCUT2D eigenvalue weighted by molar-refractivity contribution is 9.10. The first kappa shape index (κ1) is 17.1. The van der Waals surface area contributed by atoms with Crippen molar-refractivity contribution in [3.05, 3.63) is 58.1 Å². The van der Waals surface area contributed by atoms with Crippen molar-refractivity contribution >= 4 is 27.4 Å². The fraction of sp³-hybridized carbons (Fsp3) is 0.211. The summed E-state index contributed by atoms with van der Waals surface area (Å²) in [6, 6.07) is 13.7. The normalized spacial score (nSPS) is 13.2. The standard InChI is InChI=1S/C19H18BrN3O3/c20-11-3-1-4-12(7-11)21-19-16-8-15-14(18(16)22-23-19)5-2-6-17(15)26-10-13(25)9-24/h1-7,13,24-25H,8-10H2,(H2,21,22,23). The second-order valence-corrected chi connectivity index (χ2v) is 7.08. The number of fused-ring (bicyclic) bond motifs is 3. The molecule has 0 fully saturated rings. The van der Waals surface area contributed by atoms with Gasteiger partial charge in [-0.15, -0.1) is 0 Å². The van der Waals surface area contributed by atoms with Crippen LogP contribution in [-0.2, 0) is 6.42 Å². The number of nitrogens with one attached hydrogen (secondary N) is 2. The number of rotatable bonds is 6. The van der Waals surface area contributed by atoms with Crippen LogP contribution in [0.5, 0.6) is 5.75 Å². The van der Waals surface area contributed by atoms with Crippen LogP contribution in [0, 0.1) is 0 Å². The van der Waals surface area contributed by atoms with Crippen molar-refractivity contribution in [3.8, 4) is 17.0 Å². The highest BCUT2D eigenvalue weighted by Gasteiger charge is 2.27. The third kappa shape index (κ3) is 3.21. The average molecular weight is 416 g/mol. The topological polar surface area (TPSA) is 90.4 Å². The largest absolute Gasteiger partial charge is 0.490 e. The quantitative estimate of drug-likeness (QED) is 0.388. The van der Waals surface area contributed by atoms with Gasteiger partial charge in [0.05, 0.1) is 12.3 Å². The Labute approximate surface area is 159 Å². The lowest BCUT2D eigenvalue weighted by molar-refractivity contribution is 0.0534. The summed E-state index contributed by atoms with van der Waals surface area (Å²) in [6.07, 6.45) is -0.207. The van der Waals surface area contributed by atoms with Crippen LogP contribution in [-0.4, -0.2) is 39.7 Å². The van der Waals surface area contributed by atoms with Crippen LogP contribution in [0.1, 0.15) is 11.1 Å². The molecular formula is C19H18BrN3O3. The summed E-state index contributed by atoms with van der Waals surface area (Å²) in [6.45, 7) is -0.266. The van der Waals surface area contributed by atoms with Gasteiger partial charge in [0.1, 0.15) is 24.3 Å². The van der Waals surface area contributed by atoms with E-state index < -0.39 is 6.10 Å². The fourth-order valence-electron chi connectivity index (χ4n) is 3.09. The maximum Gasteiger partial charge on any atom is 0.130 e. The Balaban J connectivity index is 1.60. The van der Waals surface area contributed by atoms with E-state index in [0.717, 1.165) is 38.4 Å². The third-order valence-corrected chi connectivity index (χ3v) is 4.84. The van der Waals surface area contributed by atoms with E-state index in [1.165, 1.54) is 0 Å². The molecule has 26 heavy (non-hydrogen) atoms. The van der Waals surface area contributed by atoms with E-state index in [0.29, 0.717) is 12.2 Å². The second kappa shape index (κ2) is 7.11. The van der Waals surface area contributed by atoms with Gasteiger partial charge in [-0.1, -0.05) is 34.1 Å². The van der Waals surface area contributed by atoms with Gasteiger partial charge in [0.25, 0.3) is 0 Å². The predicted octanol–water partition coefficient (Wildman–Crippen LogP) is 3.22. The summed E-state index contributed by atoms with van der Waals surface area (Å²) >= 11 is 3.48. The van der Waals surface area contributed by atoms with E-state index in [1.54, 1.807) is 0 Å². The molecule has 0 amide bonds. The summed E-state index contributed by atoms with van der Waals surface area (Å²) in [7, 11) is 0. The lowest BCUT2D eigenvalue weighted by atomic mass is 10.1. The van der Waals surface area contributed by atoms with Crippen molar-refractivity contribution in [2.24, 2.45) is 0 Å². The number of aromatic nitrogens is 2. The van der Waals surface area contributed by atoms with E-state index >= 15 is 0 Å². The molecule has 1 unspecified atom stereocenters. The number of hydrogen-bond donors (Lipinski definition) is 4. The van der Waals surface area contributed by atoms with E-state index in [1.807, 2.05) is 42.5 Å². The molecule has 7 heteroatoms. The lowest BCUT2D eigenvalue weighted by Crippen LogP contribution is -2.21. The zero-order chi connectivity index (χ0) is 18.1. The third-order valence-electron chi connectivity index (χ3n) is 4.34. The van der Waals surface area contributed by atoms with Crippen molar-refractivity contribution in [1.82, 2.24) is 10.2 Å². The maximum atomic E-state index is 9.53. The van der Waals surface area contributed by atoms with Crippen LogP contribution >= 0.6 is 15.9 Å². The van der Waals surface area contributed by atoms with Gasteiger partial charge in [-0.3, -0.25) is 5.10 Å². The van der Waals surface area contributed by atoms with Gasteiger partial charge in [0.15, 0.2) is 0 Å². The number of aromatic amines is 1. The Bertz CT molecular complexity index is 942. The number of ether oxygens (including phenoxy) is 1. The molecule has 4 N–H and O–H groups in total. The summed E-state index contributed by atoms with van der Waals surface area (Å²) in [5.41, 5.74) is 5.02. The molecule has 1 heterocycles. The lowest BCUT2D eigenvalue weighted by Gasteiger charge is -2.13. The van der Waals surface area contributed by atoms with Crippen LogP contribution in [0.25, 0.3) is 11.3 Å². The number of aliphatic hydroxyl groups excluding tert-OH is 2. The zero-order valence-electron chi connectivity index (χ0n) is 13.9. The van der Waals surface area contributed by atoms with Crippen molar-refractivity contribution in [1.29, 1.82) is 0 Å². The van der Waals surface area contributed by atoms with E-state index in [-0.39, 0.29) is 13.2 Å². The Hall–Kier alpha value is -2.35. The molecule has 0 bridgehead atoms. The smallest absolute Gasteiger partial charge is 0.130 e. The molecule has 0 spiro atoms. The minimum Gasteiger partial charge on any atom is -0.490 e. The molecule has 0 aliphatic heterocycles. The molecule has 1 aromatic heterocycles. The van der Waals surface area contributed by atoms with Gasteiger partial charge in [-0.05, 0) is 24.3 Å². The van der Waals surface area contributed by atoms with Crippen LogP contribution in [0.15, 0.2) is 46.9 Å². The number of hydrogen-bond acceptors (Lipinski definition) is 5. The predicted molar refractivity (Wildman–Crippen MR) is 103 cm³/mol. The number of halogens is 1.